The van der Waals surface area contributed by atoms with Gasteiger partial charge in [0.2, 0.25) is 11.8 Å². The minimum absolute atomic E-state index is 0.103. The van der Waals surface area contributed by atoms with Crippen LogP contribution in [0, 0.1) is 0 Å². The highest BCUT2D eigenvalue weighted by Gasteiger charge is 2.24. The van der Waals surface area contributed by atoms with E-state index in [4.69, 9.17) is 11.5 Å². The molecule has 0 aliphatic heterocycles. The highest BCUT2D eigenvalue weighted by atomic mass is 16.3. The number of phenolic OH excluding ortho intramolecular Hbond substituents is 1. The summed E-state index contributed by atoms with van der Waals surface area (Å²) in [5.74, 6) is -0.630. The molecule has 0 heterocycles. The molecule has 0 bridgehead atoms. The lowest BCUT2D eigenvalue weighted by Crippen LogP contribution is -2.52. The number of carbonyl (C=O) groups is 2. The number of para-hydroxylation sites is 1. The Kier molecular flexibility index (Phi) is 8.19. The SMILES string of the molecule is NCCC[C@@H](N)C(=O)N[C@H](Cc1ccc2ccccc2c1)C(=O)NCc1ccccc1O. The first-order valence-corrected chi connectivity index (χ1v) is 10.8. The Balaban J connectivity index is 1.75. The number of aromatic hydroxyl groups is 1. The number of benzene rings is 3. The first kappa shape index (κ1) is 23.2. The van der Waals surface area contributed by atoms with Gasteiger partial charge in [0, 0.05) is 18.5 Å². The number of fused-ring (bicyclic) bond motifs is 1. The van der Waals surface area contributed by atoms with Crippen molar-refractivity contribution in [2.24, 2.45) is 11.5 Å². The van der Waals surface area contributed by atoms with E-state index in [0.717, 1.165) is 16.3 Å². The van der Waals surface area contributed by atoms with Crippen molar-refractivity contribution in [2.45, 2.75) is 37.9 Å². The van der Waals surface area contributed by atoms with Gasteiger partial charge in [0.05, 0.1) is 6.04 Å². The van der Waals surface area contributed by atoms with Crippen molar-refractivity contribution in [1.29, 1.82) is 0 Å². The summed E-state index contributed by atoms with van der Waals surface area (Å²) in [6.07, 6.45) is 1.39. The summed E-state index contributed by atoms with van der Waals surface area (Å²) in [6.45, 7) is 0.595. The summed E-state index contributed by atoms with van der Waals surface area (Å²) in [5.41, 5.74) is 13.0. The Morgan fingerprint density at radius 1 is 0.938 bits per heavy atom. The fourth-order valence-corrected chi connectivity index (χ4v) is 3.52. The van der Waals surface area contributed by atoms with Gasteiger partial charge in [0.25, 0.3) is 0 Å². The predicted octanol–water partition coefficient (Wildman–Crippen LogP) is 1.96. The van der Waals surface area contributed by atoms with Crippen LogP contribution in [0.5, 0.6) is 5.75 Å². The van der Waals surface area contributed by atoms with Crippen molar-refractivity contribution in [3.05, 3.63) is 77.9 Å². The minimum Gasteiger partial charge on any atom is -0.508 e. The lowest BCUT2D eigenvalue weighted by Gasteiger charge is -2.21. The number of hydrogen-bond acceptors (Lipinski definition) is 5. The standard InChI is InChI=1S/C25H30N4O3/c26-13-5-9-21(27)24(31)29-22(25(32)28-16-20-8-3-4-10-23(20)30)15-17-11-12-18-6-1-2-7-19(18)14-17/h1-4,6-8,10-12,14,21-22,30H,5,9,13,15-16,26-27H2,(H,28,32)(H,29,31)/t21-,22-/m1/s1. The molecule has 7 heteroatoms. The molecule has 7 nitrogen and oxygen atoms in total. The Hall–Kier alpha value is -3.42. The van der Waals surface area contributed by atoms with E-state index in [1.54, 1.807) is 24.3 Å². The maximum atomic E-state index is 13.0. The van der Waals surface area contributed by atoms with Crippen molar-refractivity contribution < 1.29 is 14.7 Å². The molecule has 0 radical (unpaired) electrons. The summed E-state index contributed by atoms with van der Waals surface area (Å²) in [5, 5.41) is 17.7. The summed E-state index contributed by atoms with van der Waals surface area (Å²) in [7, 11) is 0. The minimum atomic E-state index is -0.807. The van der Waals surface area contributed by atoms with Crippen LogP contribution in [-0.4, -0.2) is 35.5 Å². The number of carbonyl (C=O) groups excluding carboxylic acids is 2. The maximum Gasteiger partial charge on any atom is 0.243 e. The highest BCUT2D eigenvalue weighted by Crippen LogP contribution is 2.18. The van der Waals surface area contributed by atoms with E-state index in [1.807, 2.05) is 42.5 Å². The monoisotopic (exact) mass is 434 g/mol. The largest absolute Gasteiger partial charge is 0.508 e. The van der Waals surface area contributed by atoms with E-state index in [1.165, 1.54) is 0 Å². The van der Waals surface area contributed by atoms with E-state index in [9.17, 15) is 14.7 Å². The molecule has 2 amide bonds. The molecule has 0 unspecified atom stereocenters. The van der Waals surface area contributed by atoms with E-state index >= 15 is 0 Å². The lowest BCUT2D eigenvalue weighted by atomic mass is 10.0. The van der Waals surface area contributed by atoms with Gasteiger partial charge in [-0.3, -0.25) is 9.59 Å². The van der Waals surface area contributed by atoms with Crippen molar-refractivity contribution >= 4 is 22.6 Å². The number of nitrogens with two attached hydrogens (primary N) is 2. The fraction of sp³-hybridized carbons (Fsp3) is 0.280. The van der Waals surface area contributed by atoms with Crippen LogP contribution in [0.15, 0.2) is 66.7 Å². The van der Waals surface area contributed by atoms with Crippen LogP contribution in [-0.2, 0) is 22.6 Å². The molecule has 0 spiro atoms. The van der Waals surface area contributed by atoms with Crippen LogP contribution in [0.1, 0.15) is 24.0 Å². The van der Waals surface area contributed by atoms with E-state index in [2.05, 4.69) is 10.6 Å². The molecule has 0 aliphatic rings. The summed E-state index contributed by atoms with van der Waals surface area (Å²) < 4.78 is 0. The topological polar surface area (TPSA) is 130 Å². The molecule has 0 aromatic heterocycles. The van der Waals surface area contributed by atoms with Gasteiger partial charge in [-0.1, -0.05) is 60.7 Å². The zero-order valence-corrected chi connectivity index (χ0v) is 18.0. The molecule has 7 N–H and O–H groups in total. The quantitative estimate of drug-likeness (QED) is 0.333. The fourth-order valence-electron chi connectivity index (χ4n) is 3.52. The van der Waals surface area contributed by atoms with Crippen LogP contribution >= 0.6 is 0 Å². The molecule has 0 fully saturated rings. The zero-order valence-electron chi connectivity index (χ0n) is 18.0. The Bertz CT molecular complexity index is 1070. The Morgan fingerprint density at radius 2 is 1.66 bits per heavy atom. The van der Waals surface area contributed by atoms with Crippen LogP contribution in [0.4, 0.5) is 0 Å². The van der Waals surface area contributed by atoms with Gasteiger partial charge in [-0.15, -0.1) is 0 Å². The van der Waals surface area contributed by atoms with Crippen LogP contribution < -0.4 is 22.1 Å². The Morgan fingerprint density at radius 3 is 2.41 bits per heavy atom. The number of phenols is 1. The predicted molar refractivity (Wildman–Crippen MR) is 126 cm³/mol. The summed E-state index contributed by atoms with van der Waals surface area (Å²) in [6, 6.07) is 19.2. The van der Waals surface area contributed by atoms with Crippen molar-refractivity contribution in [3.8, 4) is 5.75 Å². The summed E-state index contributed by atoms with van der Waals surface area (Å²) in [4.78, 5) is 25.6. The number of nitrogens with one attached hydrogen (secondary N) is 2. The van der Waals surface area contributed by atoms with Crippen molar-refractivity contribution in [1.82, 2.24) is 10.6 Å². The molecule has 0 saturated carbocycles. The number of hydrogen-bond donors (Lipinski definition) is 5. The third-order valence-corrected chi connectivity index (χ3v) is 5.39. The average molecular weight is 435 g/mol. The molecule has 2 atom stereocenters. The molecular formula is C25H30N4O3. The number of rotatable bonds is 10. The smallest absolute Gasteiger partial charge is 0.243 e. The zero-order chi connectivity index (χ0) is 22.9. The first-order chi connectivity index (χ1) is 15.5. The molecular weight excluding hydrogens is 404 g/mol. The molecule has 32 heavy (non-hydrogen) atoms. The van der Waals surface area contributed by atoms with Crippen LogP contribution in [0.25, 0.3) is 10.8 Å². The lowest BCUT2D eigenvalue weighted by molar-refractivity contribution is -0.129. The second kappa shape index (κ2) is 11.3. The van der Waals surface area contributed by atoms with Gasteiger partial charge in [0.1, 0.15) is 11.8 Å². The average Bonchev–Trinajstić information content (AvgIpc) is 2.81. The van der Waals surface area contributed by atoms with Crippen molar-refractivity contribution in [3.63, 3.8) is 0 Å². The molecule has 168 valence electrons. The van der Waals surface area contributed by atoms with Crippen molar-refractivity contribution in [2.75, 3.05) is 6.54 Å². The summed E-state index contributed by atoms with van der Waals surface area (Å²) >= 11 is 0. The second-order valence-electron chi connectivity index (χ2n) is 7.83. The van der Waals surface area contributed by atoms with Gasteiger partial charge >= 0.3 is 0 Å². The van der Waals surface area contributed by atoms with Gasteiger partial charge in [-0.2, -0.15) is 0 Å². The first-order valence-electron chi connectivity index (χ1n) is 10.8. The van der Waals surface area contributed by atoms with Crippen LogP contribution in [0.3, 0.4) is 0 Å². The number of amides is 2. The molecule has 0 aliphatic carbocycles. The second-order valence-corrected chi connectivity index (χ2v) is 7.83. The molecule has 3 aromatic carbocycles. The molecule has 3 rings (SSSR count). The van der Waals surface area contributed by atoms with E-state index in [0.29, 0.717) is 31.4 Å². The van der Waals surface area contributed by atoms with Gasteiger partial charge in [0.15, 0.2) is 0 Å². The van der Waals surface area contributed by atoms with Crippen LogP contribution in [0.2, 0.25) is 0 Å². The third kappa shape index (κ3) is 6.29. The van der Waals surface area contributed by atoms with E-state index in [-0.39, 0.29) is 24.1 Å². The maximum absolute atomic E-state index is 13.0. The highest BCUT2D eigenvalue weighted by molar-refractivity contribution is 5.90. The molecule has 3 aromatic rings. The van der Waals surface area contributed by atoms with Gasteiger partial charge < -0.3 is 27.2 Å². The van der Waals surface area contributed by atoms with Gasteiger partial charge in [-0.05, 0) is 41.8 Å². The molecule has 0 saturated heterocycles. The van der Waals surface area contributed by atoms with E-state index < -0.39 is 12.1 Å². The normalized spacial score (nSPS) is 12.8. The third-order valence-electron chi connectivity index (χ3n) is 5.39. The Labute approximate surface area is 187 Å². The van der Waals surface area contributed by atoms with Gasteiger partial charge in [-0.25, -0.2) is 0 Å².